The van der Waals surface area contributed by atoms with Crippen molar-refractivity contribution in [2.45, 2.75) is 18.9 Å². The molecule has 0 amide bonds. The SMILES string of the molecule is CC(CO)(NCCCF)c1ccccc1. The zero-order chi connectivity index (χ0) is 11.1. The predicted molar refractivity (Wildman–Crippen MR) is 59.5 cm³/mol. The average Bonchev–Trinajstić information content (AvgIpc) is 2.30. The van der Waals surface area contributed by atoms with E-state index in [2.05, 4.69) is 5.32 Å². The zero-order valence-corrected chi connectivity index (χ0v) is 9.04. The minimum absolute atomic E-state index is 0.00327. The first-order chi connectivity index (χ1) is 7.23. The number of benzene rings is 1. The fourth-order valence-corrected chi connectivity index (χ4v) is 1.49. The molecule has 1 atom stereocenters. The standard InChI is InChI=1S/C12H18FNO/c1-12(10-15,14-9-5-8-13)11-6-3-2-4-7-11/h2-4,6-7,14-15H,5,8-10H2,1H3. The third kappa shape index (κ3) is 3.29. The van der Waals surface area contributed by atoms with Gasteiger partial charge in [0.2, 0.25) is 0 Å². The van der Waals surface area contributed by atoms with Crippen molar-refractivity contribution in [2.24, 2.45) is 0 Å². The van der Waals surface area contributed by atoms with Crippen LogP contribution >= 0.6 is 0 Å². The number of halogens is 1. The summed E-state index contributed by atoms with van der Waals surface area (Å²) in [5.41, 5.74) is 0.544. The van der Waals surface area contributed by atoms with Gasteiger partial charge in [0.25, 0.3) is 0 Å². The molecule has 2 N–H and O–H groups in total. The number of aliphatic hydroxyl groups excluding tert-OH is 1. The van der Waals surface area contributed by atoms with Crippen LogP contribution in [0.1, 0.15) is 18.9 Å². The van der Waals surface area contributed by atoms with E-state index in [1.807, 2.05) is 37.3 Å². The lowest BCUT2D eigenvalue weighted by molar-refractivity contribution is 0.174. The molecule has 0 aliphatic heterocycles. The van der Waals surface area contributed by atoms with Crippen molar-refractivity contribution in [1.82, 2.24) is 5.32 Å². The molecule has 1 aromatic rings. The van der Waals surface area contributed by atoms with Gasteiger partial charge in [-0.15, -0.1) is 0 Å². The minimum atomic E-state index is -0.476. The highest BCUT2D eigenvalue weighted by Gasteiger charge is 2.24. The first-order valence-corrected chi connectivity index (χ1v) is 5.20. The molecule has 0 aromatic heterocycles. The molecule has 0 aliphatic carbocycles. The second-order valence-electron chi connectivity index (χ2n) is 3.83. The maximum absolute atomic E-state index is 12.0. The Kier molecular flexibility index (Phi) is 4.72. The van der Waals surface area contributed by atoms with Gasteiger partial charge < -0.3 is 10.4 Å². The third-order valence-electron chi connectivity index (χ3n) is 2.55. The summed E-state index contributed by atoms with van der Waals surface area (Å²) in [6, 6.07) is 9.71. The summed E-state index contributed by atoms with van der Waals surface area (Å²) < 4.78 is 12.0. The van der Waals surface area contributed by atoms with Gasteiger partial charge in [-0.2, -0.15) is 0 Å². The summed E-state index contributed by atoms with van der Waals surface area (Å²) in [7, 11) is 0. The number of hydrogen-bond donors (Lipinski definition) is 2. The van der Waals surface area contributed by atoms with E-state index in [9.17, 15) is 9.50 Å². The van der Waals surface area contributed by atoms with Gasteiger partial charge in [-0.05, 0) is 25.5 Å². The Morgan fingerprint density at radius 3 is 2.53 bits per heavy atom. The fourth-order valence-electron chi connectivity index (χ4n) is 1.49. The van der Waals surface area contributed by atoms with E-state index in [1.165, 1.54) is 0 Å². The number of alkyl halides is 1. The molecule has 0 bridgehead atoms. The first-order valence-electron chi connectivity index (χ1n) is 5.20. The Morgan fingerprint density at radius 2 is 2.00 bits per heavy atom. The van der Waals surface area contributed by atoms with Gasteiger partial charge >= 0.3 is 0 Å². The Bertz CT molecular complexity index is 278. The van der Waals surface area contributed by atoms with Crippen molar-refractivity contribution in [3.8, 4) is 0 Å². The van der Waals surface area contributed by atoms with Gasteiger partial charge in [0.05, 0.1) is 18.8 Å². The molecular weight excluding hydrogens is 193 g/mol. The van der Waals surface area contributed by atoms with Crippen LogP contribution in [0.3, 0.4) is 0 Å². The van der Waals surface area contributed by atoms with Crippen molar-refractivity contribution < 1.29 is 9.50 Å². The molecular formula is C12H18FNO. The molecule has 1 unspecified atom stereocenters. The quantitative estimate of drug-likeness (QED) is 0.704. The third-order valence-corrected chi connectivity index (χ3v) is 2.55. The van der Waals surface area contributed by atoms with E-state index in [0.717, 1.165) is 5.56 Å². The number of rotatable bonds is 6. The molecule has 2 nitrogen and oxygen atoms in total. The summed E-state index contributed by atoms with van der Waals surface area (Å²) in [4.78, 5) is 0. The summed E-state index contributed by atoms with van der Waals surface area (Å²) in [6.07, 6.45) is 0.475. The Morgan fingerprint density at radius 1 is 1.33 bits per heavy atom. The molecule has 0 spiro atoms. The van der Waals surface area contributed by atoms with E-state index >= 15 is 0 Å². The van der Waals surface area contributed by atoms with Crippen LogP contribution in [-0.4, -0.2) is 24.9 Å². The molecule has 0 saturated carbocycles. The smallest absolute Gasteiger partial charge is 0.0906 e. The van der Waals surface area contributed by atoms with Crippen LogP contribution in [0, 0.1) is 0 Å². The van der Waals surface area contributed by atoms with Gasteiger partial charge in [-0.1, -0.05) is 30.3 Å². The summed E-state index contributed by atoms with van der Waals surface area (Å²) in [5.74, 6) is 0. The molecule has 0 heterocycles. The molecule has 15 heavy (non-hydrogen) atoms. The first kappa shape index (κ1) is 12.1. The summed E-state index contributed by atoms with van der Waals surface area (Å²) in [6.45, 7) is 2.16. The topological polar surface area (TPSA) is 32.3 Å². The van der Waals surface area contributed by atoms with E-state index in [1.54, 1.807) is 0 Å². The van der Waals surface area contributed by atoms with Crippen LogP contribution in [0.4, 0.5) is 4.39 Å². The maximum Gasteiger partial charge on any atom is 0.0906 e. The number of aliphatic hydroxyl groups is 1. The molecule has 3 heteroatoms. The Hall–Kier alpha value is -0.930. The predicted octanol–water partition coefficient (Wildman–Crippen LogP) is 1.84. The lowest BCUT2D eigenvalue weighted by Crippen LogP contribution is -2.43. The molecule has 0 radical (unpaired) electrons. The molecule has 0 saturated heterocycles. The van der Waals surface area contributed by atoms with Crippen molar-refractivity contribution in [2.75, 3.05) is 19.8 Å². The lowest BCUT2D eigenvalue weighted by Gasteiger charge is -2.29. The van der Waals surface area contributed by atoms with Crippen LogP contribution in [0.15, 0.2) is 30.3 Å². The summed E-state index contributed by atoms with van der Waals surface area (Å²) >= 11 is 0. The highest BCUT2D eigenvalue weighted by molar-refractivity contribution is 5.23. The van der Waals surface area contributed by atoms with E-state index in [0.29, 0.717) is 13.0 Å². The van der Waals surface area contributed by atoms with Crippen molar-refractivity contribution >= 4 is 0 Å². The average molecular weight is 211 g/mol. The fraction of sp³-hybridized carbons (Fsp3) is 0.500. The second kappa shape index (κ2) is 5.83. The van der Waals surface area contributed by atoms with Crippen LogP contribution < -0.4 is 5.32 Å². The van der Waals surface area contributed by atoms with E-state index < -0.39 is 5.54 Å². The van der Waals surface area contributed by atoms with Crippen LogP contribution in [-0.2, 0) is 5.54 Å². The van der Waals surface area contributed by atoms with Crippen molar-refractivity contribution in [1.29, 1.82) is 0 Å². The van der Waals surface area contributed by atoms with Crippen LogP contribution in [0.5, 0.6) is 0 Å². The summed E-state index contributed by atoms with van der Waals surface area (Å²) in [5, 5.41) is 12.6. The number of nitrogens with one attached hydrogen (secondary N) is 1. The van der Waals surface area contributed by atoms with E-state index in [-0.39, 0.29) is 13.3 Å². The van der Waals surface area contributed by atoms with Crippen molar-refractivity contribution in [3.05, 3.63) is 35.9 Å². The van der Waals surface area contributed by atoms with Crippen molar-refractivity contribution in [3.63, 3.8) is 0 Å². The minimum Gasteiger partial charge on any atom is -0.394 e. The lowest BCUT2D eigenvalue weighted by atomic mass is 9.93. The molecule has 0 aliphatic rings. The normalized spacial score (nSPS) is 14.9. The second-order valence-corrected chi connectivity index (χ2v) is 3.83. The Labute approximate surface area is 90.1 Å². The van der Waals surface area contributed by atoms with Gasteiger partial charge in [-0.3, -0.25) is 4.39 Å². The van der Waals surface area contributed by atoms with Gasteiger partial charge in [0, 0.05) is 0 Å². The highest BCUT2D eigenvalue weighted by Crippen LogP contribution is 2.19. The largest absolute Gasteiger partial charge is 0.394 e. The van der Waals surface area contributed by atoms with Crippen LogP contribution in [0.25, 0.3) is 0 Å². The molecule has 0 fully saturated rings. The maximum atomic E-state index is 12.0. The molecule has 1 aromatic carbocycles. The van der Waals surface area contributed by atoms with Crippen LogP contribution in [0.2, 0.25) is 0 Å². The Balaban J connectivity index is 2.67. The van der Waals surface area contributed by atoms with Gasteiger partial charge in [0.1, 0.15) is 0 Å². The molecule has 84 valence electrons. The van der Waals surface area contributed by atoms with Gasteiger partial charge in [0.15, 0.2) is 0 Å². The van der Waals surface area contributed by atoms with E-state index in [4.69, 9.17) is 0 Å². The molecule has 1 rings (SSSR count). The number of hydrogen-bond acceptors (Lipinski definition) is 2. The zero-order valence-electron chi connectivity index (χ0n) is 9.04. The van der Waals surface area contributed by atoms with Gasteiger partial charge in [-0.25, -0.2) is 0 Å². The monoisotopic (exact) mass is 211 g/mol. The highest BCUT2D eigenvalue weighted by atomic mass is 19.1.